The number of nitrogens with zero attached hydrogens (tertiary/aromatic N) is 2. The van der Waals surface area contributed by atoms with E-state index in [1.807, 2.05) is 69.3 Å². The molecule has 6 heteroatoms. The van der Waals surface area contributed by atoms with Gasteiger partial charge in [0.05, 0.1) is 11.4 Å². The van der Waals surface area contributed by atoms with Gasteiger partial charge in [-0.2, -0.15) is 0 Å². The number of hydrogen-bond donors (Lipinski definition) is 1. The van der Waals surface area contributed by atoms with E-state index in [1.165, 1.54) is 17.3 Å². The molecule has 1 aromatic heterocycles. The summed E-state index contributed by atoms with van der Waals surface area (Å²) in [6.45, 7) is 5.99. The van der Waals surface area contributed by atoms with E-state index in [9.17, 15) is 4.79 Å². The van der Waals surface area contributed by atoms with Crippen LogP contribution in [0, 0.1) is 20.8 Å². The highest BCUT2D eigenvalue weighted by atomic mass is 35.5. The minimum atomic E-state index is -0.0820. The Kier molecular flexibility index (Phi) is 6.14. The molecule has 0 saturated heterocycles. The first-order valence-corrected chi connectivity index (χ1v) is 9.88. The normalized spacial score (nSPS) is 10.7. The zero-order valence-electron chi connectivity index (χ0n) is 15.4. The summed E-state index contributed by atoms with van der Waals surface area (Å²) in [5, 5.41) is 4.18. The second-order valence-electron chi connectivity index (χ2n) is 6.32. The molecule has 3 aromatic rings. The summed E-state index contributed by atoms with van der Waals surface area (Å²) in [5.74, 6) is 0.164. The maximum atomic E-state index is 12.3. The third-order valence-electron chi connectivity index (χ3n) is 4.10. The molecule has 1 heterocycles. The number of anilines is 1. The van der Waals surface area contributed by atoms with Crippen LogP contribution in [0.3, 0.4) is 0 Å². The molecule has 27 heavy (non-hydrogen) atoms. The lowest BCUT2D eigenvalue weighted by Crippen LogP contribution is -2.14. The van der Waals surface area contributed by atoms with Gasteiger partial charge in [0.25, 0.3) is 0 Å². The Labute approximate surface area is 168 Å². The van der Waals surface area contributed by atoms with Crippen LogP contribution in [0.25, 0.3) is 11.3 Å². The van der Waals surface area contributed by atoms with Gasteiger partial charge in [0, 0.05) is 22.0 Å². The third-order valence-corrected chi connectivity index (χ3v) is 5.20. The fourth-order valence-electron chi connectivity index (χ4n) is 2.52. The number of halogens is 1. The molecule has 3 rings (SSSR count). The molecule has 2 aromatic carbocycles. The molecular weight excluding hydrogens is 378 g/mol. The molecule has 0 fully saturated rings. The Morgan fingerprint density at radius 3 is 2.44 bits per heavy atom. The van der Waals surface area contributed by atoms with Crippen molar-refractivity contribution in [2.45, 2.75) is 25.9 Å². The number of nitrogens with one attached hydrogen (secondary N) is 1. The van der Waals surface area contributed by atoms with Crippen LogP contribution < -0.4 is 5.32 Å². The van der Waals surface area contributed by atoms with Gasteiger partial charge in [-0.3, -0.25) is 4.79 Å². The maximum Gasteiger partial charge on any atom is 0.234 e. The minimum absolute atomic E-state index is 0.0820. The molecule has 0 saturated carbocycles. The predicted octanol–water partition coefficient (Wildman–Crippen LogP) is 5.45. The number of rotatable bonds is 5. The molecule has 4 nitrogen and oxygen atoms in total. The molecular formula is C21H20ClN3OS. The van der Waals surface area contributed by atoms with Crippen LogP contribution in [0.1, 0.15) is 16.8 Å². The van der Waals surface area contributed by atoms with Gasteiger partial charge in [-0.1, -0.05) is 41.6 Å². The van der Waals surface area contributed by atoms with Crippen molar-refractivity contribution in [3.05, 3.63) is 70.4 Å². The van der Waals surface area contributed by atoms with E-state index in [-0.39, 0.29) is 11.7 Å². The van der Waals surface area contributed by atoms with Crippen LogP contribution >= 0.6 is 23.4 Å². The largest absolute Gasteiger partial charge is 0.325 e. The number of amides is 1. The number of benzene rings is 2. The Morgan fingerprint density at radius 2 is 1.74 bits per heavy atom. The lowest BCUT2D eigenvalue weighted by Gasteiger charge is -2.08. The van der Waals surface area contributed by atoms with Gasteiger partial charge >= 0.3 is 0 Å². The van der Waals surface area contributed by atoms with Gasteiger partial charge in [0.15, 0.2) is 5.16 Å². The summed E-state index contributed by atoms with van der Waals surface area (Å²) in [7, 11) is 0. The number of carbonyl (C=O) groups excluding carboxylic acids is 1. The Balaban J connectivity index is 1.67. The van der Waals surface area contributed by atoms with Gasteiger partial charge in [-0.15, -0.1) is 0 Å². The van der Waals surface area contributed by atoms with E-state index < -0.39 is 0 Å². The lowest BCUT2D eigenvalue weighted by atomic mass is 10.1. The first-order valence-electron chi connectivity index (χ1n) is 8.52. The van der Waals surface area contributed by atoms with Crippen LogP contribution in [-0.2, 0) is 4.79 Å². The Morgan fingerprint density at radius 1 is 1.00 bits per heavy atom. The molecule has 0 atom stereocenters. The Bertz CT molecular complexity index is 974. The van der Waals surface area contributed by atoms with Crippen molar-refractivity contribution in [2.75, 3.05) is 11.1 Å². The molecule has 0 aliphatic rings. The second kappa shape index (κ2) is 8.55. The summed E-state index contributed by atoms with van der Waals surface area (Å²) >= 11 is 7.27. The topological polar surface area (TPSA) is 54.9 Å². The zero-order valence-corrected chi connectivity index (χ0v) is 17.0. The monoisotopic (exact) mass is 397 g/mol. The van der Waals surface area contributed by atoms with Crippen LogP contribution in [0.5, 0.6) is 0 Å². The highest BCUT2D eigenvalue weighted by molar-refractivity contribution is 7.99. The van der Waals surface area contributed by atoms with E-state index in [2.05, 4.69) is 15.3 Å². The standard InChI is InChI=1S/C21H20ClN3OS/c1-13-4-9-18(10-14(13)2)24-20(26)12-27-21-23-15(3)11-19(25-21)16-5-7-17(22)8-6-16/h4-11H,12H2,1-3H3,(H,24,26). The molecule has 138 valence electrons. The first kappa shape index (κ1) is 19.4. The Hall–Kier alpha value is -2.37. The first-order chi connectivity index (χ1) is 12.9. The van der Waals surface area contributed by atoms with Gasteiger partial charge < -0.3 is 5.32 Å². The third kappa shape index (κ3) is 5.31. The predicted molar refractivity (Wildman–Crippen MR) is 112 cm³/mol. The number of aryl methyl sites for hydroxylation is 3. The van der Waals surface area contributed by atoms with Crippen molar-refractivity contribution in [3.8, 4) is 11.3 Å². The maximum absolute atomic E-state index is 12.3. The molecule has 0 spiro atoms. The van der Waals surface area contributed by atoms with Gasteiger partial charge in [0.1, 0.15) is 0 Å². The van der Waals surface area contributed by atoms with Gasteiger partial charge in [0.2, 0.25) is 5.91 Å². The molecule has 0 unspecified atom stereocenters. The molecule has 0 aliphatic carbocycles. The van der Waals surface area contributed by atoms with Crippen molar-refractivity contribution >= 4 is 35.0 Å². The number of carbonyl (C=O) groups is 1. The van der Waals surface area contributed by atoms with E-state index >= 15 is 0 Å². The van der Waals surface area contributed by atoms with Crippen LogP contribution in [0.2, 0.25) is 5.02 Å². The van der Waals surface area contributed by atoms with Gasteiger partial charge in [-0.25, -0.2) is 9.97 Å². The van der Waals surface area contributed by atoms with Gasteiger partial charge in [-0.05, 0) is 62.2 Å². The quantitative estimate of drug-likeness (QED) is 0.459. The summed E-state index contributed by atoms with van der Waals surface area (Å²) in [4.78, 5) is 21.3. The SMILES string of the molecule is Cc1cc(-c2ccc(Cl)cc2)nc(SCC(=O)Nc2ccc(C)c(C)c2)n1. The molecule has 0 bridgehead atoms. The minimum Gasteiger partial charge on any atom is -0.325 e. The molecule has 1 amide bonds. The highest BCUT2D eigenvalue weighted by Crippen LogP contribution is 2.23. The number of thioether (sulfide) groups is 1. The van der Waals surface area contributed by atoms with Crippen molar-refractivity contribution in [1.82, 2.24) is 9.97 Å². The average molecular weight is 398 g/mol. The number of hydrogen-bond acceptors (Lipinski definition) is 4. The van der Waals surface area contributed by atoms with E-state index in [1.54, 1.807) is 0 Å². The average Bonchev–Trinajstić information content (AvgIpc) is 2.63. The second-order valence-corrected chi connectivity index (χ2v) is 7.70. The van der Waals surface area contributed by atoms with Crippen molar-refractivity contribution in [1.29, 1.82) is 0 Å². The van der Waals surface area contributed by atoms with Crippen molar-refractivity contribution < 1.29 is 4.79 Å². The smallest absolute Gasteiger partial charge is 0.234 e. The van der Waals surface area contributed by atoms with E-state index in [0.29, 0.717) is 10.2 Å². The summed E-state index contributed by atoms with van der Waals surface area (Å²) in [5.41, 5.74) is 5.78. The zero-order chi connectivity index (χ0) is 19.4. The summed E-state index contributed by atoms with van der Waals surface area (Å²) < 4.78 is 0. The highest BCUT2D eigenvalue weighted by Gasteiger charge is 2.09. The number of aromatic nitrogens is 2. The molecule has 1 N–H and O–H groups in total. The summed E-state index contributed by atoms with van der Waals surface area (Å²) in [6.07, 6.45) is 0. The molecule has 0 aliphatic heterocycles. The fraction of sp³-hybridized carbons (Fsp3) is 0.190. The van der Waals surface area contributed by atoms with Crippen LogP contribution in [0.4, 0.5) is 5.69 Å². The summed E-state index contributed by atoms with van der Waals surface area (Å²) in [6, 6.07) is 15.3. The lowest BCUT2D eigenvalue weighted by molar-refractivity contribution is -0.113. The fourth-order valence-corrected chi connectivity index (χ4v) is 3.35. The van der Waals surface area contributed by atoms with Crippen LogP contribution in [0.15, 0.2) is 53.7 Å². The van der Waals surface area contributed by atoms with Crippen molar-refractivity contribution in [2.24, 2.45) is 0 Å². The molecule has 0 radical (unpaired) electrons. The van der Waals surface area contributed by atoms with E-state index in [4.69, 9.17) is 11.6 Å². The van der Waals surface area contributed by atoms with Crippen molar-refractivity contribution in [3.63, 3.8) is 0 Å². The van der Waals surface area contributed by atoms with E-state index in [0.717, 1.165) is 28.2 Å². The van der Waals surface area contributed by atoms with Crippen LogP contribution in [-0.4, -0.2) is 21.6 Å².